The van der Waals surface area contributed by atoms with Gasteiger partial charge in [-0.05, 0) is 35.0 Å². The van der Waals surface area contributed by atoms with Crippen molar-refractivity contribution < 1.29 is 22.8 Å². The SMILES string of the molecule is CC(=O)N=C(N)c1cccc(N2C(=O)CN(S(=O)(=O)c3ccc4ccccc4c3)CC2=O)c1. The Hall–Kier alpha value is -3.89. The second-order valence-corrected chi connectivity index (χ2v) is 9.41. The molecule has 168 valence electrons. The number of fused-ring (bicyclic) bond motifs is 1. The first kappa shape index (κ1) is 22.3. The normalized spacial score (nSPS) is 15.8. The van der Waals surface area contributed by atoms with E-state index in [0.29, 0.717) is 5.56 Å². The number of rotatable bonds is 4. The maximum Gasteiger partial charge on any atom is 0.249 e. The third-order valence-electron chi connectivity index (χ3n) is 5.16. The zero-order valence-corrected chi connectivity index (χ0v) is 18.5. The summed E-state index contributed by atoms with van der Waals surface area (Å²) >= 11 is 0. The van der Waals surface area contributed by atoms with Crippen molar-refractivity contribution in [3.8, 4) is 0 Å². The van der Waals surface area contributed by atoms with Gasteiger partial charge in [-0.15, -0.1) is 0 Å². The summed E-state index contributed by atoms with van der Waals surface area (Å²) in [4.78, 5) is 41.5. The number of hydrogen-bond donors (Lipinski definition) is 1. The summed E-state index contributed by atoms with van der Waals surface area (Å²) in [7, 11) is -4.07. The molecule has 3 aromatic carbocycles. The zero-order chi connectivity index (χ0) is 23.8. The highest BCUT2D eigenvalue weighted by Crippen LogP contribution is 2.25. The lowest BCUT2D eigenvalue weighted by atomic mass is 10.1. The number of sulfonamides is 1. The van der Waals surface area contributed by atoms with Crippen molar-refractivity contribution >= 4 is 50.0 Å². The van der Waals surface area contributed by atoms with Crippen molar-refractivity contribution in [2.45, 2.75) is 11.8 Å². The molecule has 33 heavy (non-hydrogen) atoms. The molecule has 10 heteroatoms. The number of imide groups is 1. The minimum absolute atomic E-state index is 0.00506. The molecule has 0 aliphatic carbocycles. The first-order valence-electron chi connectivity index (χ1n) is 9.97. The minimum atomic E-state index is -4.07. The number of piperazine rings is 1. The molecule has 0 aromatic heterocycles. The van der Waals surface area contributed by atoms with Crippen LogP contribution in [0, 0.1) is 0 Å². The number of nitrogens with two attached hydrogens (primary N) is 1. The van der Waals surface area contributed by atoms with Crippen molar-refractivity contribution in [1.82, 2.24) is 4.31 Å². The fraction of sp³-hybridized carbons (Fsp3) is 0.130. The molecule has 9 nitrogen and oxygen atoms in total. The number of hydrogen-bond acceptors (Lipinski definition) is 5. The number of aliphatic imine (C=N–C) groups is 1. The van der Waals surface area contributed by atoms with E-state index in [-0.39, 0.29) is 16.4 Å². The van der Waals surface area contributed by atoms with Gasteiger partial charge in [-0.2, -0.15) is 9.30 Å². The Morgan fingerprint density at radius 1 is 0.909 bits per heavy atom. The number of amides is 3. The molecule has 4 rings (SSSR count). The third kappa shape index (κ3) is 4.38. The van der Waals surface area contributed by atoms with E-state index in [0.717, 1.165) is 20.0 Å². The summed E-state index contributed by atoms with van der Waals surface area (Å²) < 4.78 is 27.2. The van der Waals surface area contributed by atoms with Crippen LogP contribution in [0.15, 0.2) is 76.6 Å². The van der Waals surface area contributed by atoms with E-state index in [1.165, 1.54) is 31.2 Å². The Labute approximate surface area is 190 Å². The maximum atomic E-state index is 13.2. The summed E-state index contributed by atoms with van der Waals surface area (Å²) in [5.41, 5.74) is 6.37. The highest BCUT2D eigenvalue weighted by molar-refractivity contribution is 7.89. The Morgan fingerprint density at radius 2 is 1.58 bits per heavy atom. The monoisotopic (exact) mass is 464 g/mol. The number of benzene rings is 3. The molecule has 1 aliphatic heterocycles. The van der Waals surface area contributed by atoms with Gasteiger partial charge in [0.2, 0.25) is 27.7 Å². The van der Waals surface area contributed by atoms with Crippen molar-refractivity contribution in [3.63, 3.8) is 0 Å². The van der Waals surface area contributed by atoms with Crippen molar-refractivity contribution in [2.24, 2.45) is 10.7 Å². The van der Waals surface area contributed by atoms with Crippen LogP contribution in [0.1, 0.15) is 12.5 Å². The minimum Gasteiger partial charge on any atom is -0.383 e. The van der Waals surface area contributed by atoms with Crippen LogP contribution in [0.3, 0.4) is 0 Å². The topological polar surface area (TPSA) is 130 Å². The average molecular weight is 465 g/mol. The fourth-order valence-electron chi connectivity index (χ4n) is 3.61. The molecular weight excluding hydrogens is 444 g/mol. The van der Waals surface area contributed by atoms with Crippen molar-refractivity contribution in [1.29, 1.82) is 0 Å². The third-order valence-corrected chi connectivity index (χ3v) is 6.95. The van der Waals surface area contributed by atoms with Crippen LogP contribution in [0.2, 0.25) is 0 Å². The van der Waals surface area contributed by atoms with Gasteiger partial charge in [-0.25, -0.2) is 13.3 Å². The summed E-state index contributed by atoms with van der Waals surface area (Å²) in [5, 5.41) is 1.61. The van der Waals surface area contributed by atoms with Gasteiger partial charge in [-0.1, -0.05) is 42.5 Å². The van der Waals surface area contributed by atoms with Crippen LogP contribution in [-0.2, 0) is 24.4 Å². The number of carbonyl (C=O) groups is 3. The molecule has 1 saturated heterocycles. The van der Waals surface area contributed by atoms with E-state index in [4.69, 9.17) is 5.73 Å². The van der Waals surface area contributed by atoms with Gasteiger partial charge in [0, 0.05) is 12.5 Å². The molecule has 2 N–H and O–H groups in total. The molecule has 3 aromatic rings. The van der Waals surface area contributed by atoms with Gasteiger partial charge in [0.05, 0.1) is 23.7 Å². The average Bonchev–Trinajstić information content (AvgIpc) is 2.78. The molecule has 0 atom stereocenters. The van der Waals surface area contributed by atoms with E-state index in [2.05, 4.69) is 4.99 Å². The van der Waals surface area contributed by atoms with Gasteiger partial charge in [0.15, 0.2) is 0 Å². The zero-order valence-electron chi connectivity index (χ0n) is 17.6. The largest absolute Gasteiger partial charge is 0.383 e. The number of anilines is 1. The van der Waals surface area contributed by atoms with E-state index in [9.17, 15) is 22.8 Å². The van der Waals surface area contributed by atoms with Crippen LogP contribution >= 0.6 is 0 Å². The van der Waals surface area contributed by atoms with E-state index >= 15 is 0 Å². The summed E-state index contributed by atoms with van der Waals surface area (Å²) in [5.74, 6) is -1.94. The molecule has 0 saturated carbocycles. The lowest BCUT2D eigenvalue weighted by Gasteiger charge is -2.32. The Kier molecular flexibility index (Phi) is 5.79. The van der Waals surface area contributed by atoms with Crippen LogP contribution < -0.4 is 10.6 Å². The van der Waals surface area contributed by atoms with Gasteiger partial charge in [0.1, 0.15) is 5.84 Å². The standard InChI is InChI=1S/C23H20N4O5S/c1-15(28)25-23(24)18-7-4-8-19(11-18)27-21(29)13-26(14-22(27)30)33(31,32)20-10-9-16-5-2-3-6-17(16)12-20/h2-12H,13-14H2,1H3,(H2,24,25,28). The van der Waals surface area contributed by atoms with Gasteiger partial charge < -0.3 is 5.73 Å². The molecule has 3 amide bonds. The summed E-state index contributed by atoms with van der Waals surface area (Å²) in [6, 6.07) is 18.1. The first-order chi connectivity index (χ1) is 15.7. The number of carbonyl (C=O) groups excluding carboxylic acids is 3. The van der Waals surface area contributed by atoms with Crippen LogP contribution in [-0.4, -0.2) is 49.4 Å². The molecular formula is C23H20N4O5S. The van der Waals surface area contributed by atoms with Crippen molar-refractivity contribution in [3.05, 3.63) is 72.3 Å². The predicted molar refractivity (Wildman–Crippen MR) is 123 cm³/mol. The van der Waals surface area contributed by atoms with Crippen LogP contribution in [0.4, 0.5) is 5.69 Å². The lowest BCUT2D eigenvalue weighted by molar-refractivity contribution is -0.130. The summed E-state index contributed by atoms with van der Waals surface area (Å²) in [6.07, 6.45) is 0. The Morgan fingerprint density at radius 3 is 2.24 bits per heavy atom. The van der Waals surface area contributed by atoms with E-state index < -0.39 is 40.8 Å². The Bertz CT molecular complexity index is 1410. The van der Waals surface area contributed by atoms with Crippen LogP contribution in [0.5, 0.6) is 0 Å². The smallest absolute Gasteiger partial charge is 0.249 e. The number of nitrogens with zero attached hydrogens (tertiary/aromatic N) is 3. The quantitative estimate of drug-likeness (QED) is 0.355. The maximum absolute atomic E-state index is 13.2. The van der Waals surface area contributed by atoms with Gasteiger partial charge >= 0.3 is 0 Å². The van der Waals surface area contributed by atoms with Crippen molar-refractivity contribution in [2.75, 3.05) is 18.0 Å². The second-order valence-electron chi connectivity index (χ2n) is 7.47. The molecule has 0 radical (unpaired) electrons. The highest BCUT2D eigenvalue weighted by Gasteiger charge is 2.38. The predicted octanol–water partition coefficient (Wildman–Crippen LogP) is 1.66. The molecule has 1 aliphatic rings. The highest BCUT2D eigenvalue weighted by atomic mass is 32.2. The van der Waals surface area contributed by atoms with Gasteiger partial charge in [-0.3, -0.25) is 14.4 Å². The van der Waals surface area contributed by atoms with Crippen LogP contribution in [0.25, 0.3) is 10.8 Å². The summed E-state index contributed by atoms with van der Waals surface area (Å²) in [6.45, 7) is 0.253. The molecule has 0 unspecified atom stereocenters. The van der Waals surface area contributed by atoms with E-state index in [1.807, 2.05) is 12.1 Å². The first-order valence-corrected chi connectivity index (χ1v) is 11.4. The molecule has 0 bridgehead atoms. The molecule has 1 heterocycles. The molecule has 0 spiro atoms. The van der Waals surface area contributed by atoms with E-state index in [1.54, 1.807) is 30.3 Å². The second kappa shape index (κ2) is 8.57. The lowest BCUT2D eigenvalue weighted by Crippen LogP contribution is -2.55. The number of amidine groups is 1. The Balaban J connectivity index is 1.61. The van der Waals surface area contributed by atoms with Gasteiger partial charge in [0.25, 0.3) is 0 Å². The fourth-order valence-corrected chi connectivity index (χ4v) is 4.99. The molecule has 1 fully saturated rings.